The lowest BCUT2D eigenvalue weighted by Crippen LogP contribution is -2.37. The quantitative estimate of drug-likeness (QED) is 0.813. The highest BCUT2D eigenvalue weighted by Crippen LogP contribution is 2.20. The number of carbonyl (C=O) groups is 2. The van der Waals surface area contributed by atoms with E-state index >= 15 is 0 Å². The van der Waals surface area contributed by atoms with Gasteiger partial charge in [-0.3, -0.25) is 9.59 Å². The van der Waals surface area contributed by atoms with Crippen LogP contribution in [0.2, 0.25) is 0 Å². The van der Waals surface area contributed by atoms with Crippen LogP contribution in [0.5, 0.6) is 0 Å². The van der Waals surface area contributed by atoms with E-state index in [1.165, 1.54) is 17.0 Å². The molecule has 0 saturated carbocycles. The Balaban J connectivity index is 1.78. The SMILES string of the molecule is Cc1cc(CCNC(=O)CNC(=O)c2ccccc2)c(C)n1C(C)C. The molecule has 0 aliphatic rings. The van der Waals surface area contributed by atoms with Crippen molar-refractivity contribution < 1.29 is 9.59 Å². The van der Waals surface area contributed by atoms with Crippen LogP contribution in [0.1, 0.15) is 47.2 Å². The highest BCUT2D eigenvalue weighted by Gasteiger charge is 2.12. The van der Waals surface area contributed by atoms with Crippen LogP contribution < -0.4 is 10.6 Å². The first kappa shape index (κ1) is 18.8. The van der Waals surface area contributed by atoms with E-state index in [2.05, 4.69) is 49.0 Å². The molecular weight excluding hydrogens is 314 g/mol. The Kier molecular flexibility index (Phi) is 6.39. The van der Waals surface area contributed by atoms with E-state index in [9.17, 15) is 9.59 Å². The van der Waals surface area contributed by atoms with Gasteiger partial charge >= 0.3 is 0 Å². The summed E-state index contributed by atoms with van der Waals surface area (Å²) in [6.45, 7) is 9.10. The molecule has 1 aromatic heterocycles. The number of nitrogens with zero attached hydrogens (tertiary/aromatic N) is 1. The lowest BCUT2D eigenvalue weighted by Gasteiger charge is -2.14. The van der Waals surface area contributed by atoms with Crippen molar-refractivity contribution in [2.45, 2.75) is 40.2 Å². The molecule has 5 nitrogen and oxygen atoms in total. The van der Waals surface area contributed by atoms with Gasteiger partial charge in [0.15, 0.2) is 0 Å². The van der Waals surface area contributed by atoms with Crippen LogP contribution in [-0.2, 0) is 11.2 Å². The van der Waals surface area contributed by atoms with Gasteiger partial charge in [0.25, 0.3) is 5.91 Å². The molecule has 134 valence electrons. The average molecular weight is 341 g/mol. The maximum Gasteiger partial charge on any atom is 0.251 e. The average Bonchev–Trinajstić information content (AvgIpc) is 2.87. The van der Waals surface area contributed by atoms with Crippen molar-refractivity contribution >= 4 is 11.8 Å². The molecule has 2 rings (SSSR count). The first-order valence-corrected chi connectivity index (χ1v) is 8.67. The third kappa shape index (κ3) is 4.95. The molecule has 1 heterocycles. The van der Waals surface area contributed by atoms with Gasteiger partial charge in [-0.05, 0) is 57.9 Å². The molecule has 5 heteroatoms. The van der Waals surface area contributed by atoms with Gasteiger partial charge in [0.05, 0.1) is 6.54 Å². The monoisotopic (exact) mass is 341 g/mol. The topological polar surface area (TPSA) is 63.1 Å². The van der Waals surface area contributed by atoms with Crippen molar-refractivity contribution in [1.82, 2.24) is 15.2 Å². The lowest BCUT2D eigenvalue weighted by molar-refractivity contribution is -0.120. The molecule has 2 aromatic rings. The van der Waals surface area contributed by atoms with E-state index < -0.39 is 0 Å². The van der Waals surface area contributed by atoms with Gasteiger partial charge in [-0.1, -0.05) is 18.2 Å². The molecule has 0 unspecified atom stereocenters. The van der Waals surface area contributed by atoms with Gasteiger partial charge in [0.2, 0.25) is 5.91 Å². The molecule has 0 bridgehead atoms. The minimum absolute atomic E-state index is 0.0151. The normalized spacial score (nSPS) is 10.8. The summed E-state index contributed by atoms with van der Waals surface area (Å²) in [6, 6.07) is 11.5. The van der Waals surface area contributed by atoms with E-state index in [-0.39, 0.29) is 18.4 Å². The third-order valence-corrected chi connectivity index (χ3v) is 4.27. The number of aromatic nitrogens is 1. The van der Waals surface area contributed by atoms with Crippen molar-refractivity contribution in [3.8, 4) is 0 Å². The van der Waals surface area contributed by atoms with Gasteiger partial charge in [-0.25, -0.2) is 0 Å². The van der Waals surface area contributed by atoms with Gasteiger partial charge in [-0.2, -0.15) is 0 Å². The summed E-state index contributed by atoms with van der Waals surface area (Å²) in [5.41, 5.74) is 4.29. The van der Waals surface area contributed by atoms with Crippen molar-refractivity contribution in [3.05, 3.63) is 58.9 Å². The molecule has 0 fully saturated rings. The van der Waals surface area contributed by atoms with Crippen LogP contribution in [0.25, 0.3) is 0 Å². The van der Waals surface area contributed by atoms with Crippen molar-refractivity contribution in [2.24, 2.45) is 0 Å². The Bertz CT molecular complexity index is 733. The Morgan fingerprint density at radius 2 is 1.76 bits per heavy atom. The van der Waals surface area contributed by atoms with E-state index in [0.29, 0.717) is 18.2 Å². The summed E-state index contributed by atoms with van der Waals surface area (Å²) in [5, 5.41) is 5.49. The molecule has 0 radical (unpaired) electrons. The lowest BCUT2D eigenvalue weighted by atomic mass is 10.2. The minimum Gasteiger partial charge on any atom is -0.354 e. The second-order valence-corrected chi connectivity index (χ2v) is 6.51. The Morgan fingerprint density at radius 3 is 2.36 bits per heavy atom. The predicted molar refractivity (Wildman–Crippen MR) is 99.8 cm³/mol. The Labute approximate surface area is 149 Å². The smallest absolute Gasteiger partial charge is 0.251 e. The predicted octanol–water partition coefficient (Wildman–Crippen LogP) is 2.77. The number of nitrogens with one attached hydrogen (secondary N) is 2. The van der Waals surface area contributed by atoms with Gasteiger partial charge in [0, 0.05) is 29.5 Å². The summed E-state index contributed by atoms with van der Waals surface area (Å²) in [7, 11) is 0. The second kappa shape index (κ2) is 8.51. The van der Waals surface area contributed by atoms with E-state index in [1.807, 2.05) is 6.07 Å². The van der Waals surface area contributed by atoms with Crippen LogP contribution in [0, 0.1) is 13.8 Å². The summed E-state index contributed by atoms with van der Waals surface area (Å²) in [6.07, 6.45) is 0.783. The fourth-order valence-corrected chi connectivity index (χ4v) is 3.14. The standard InChI is InChI=1S/C20H27N3O2/c1-14(2)23-15(3)12-18(16(23)4)10-11-21-19(24)13-22-20(25)17-8-6-5-7-9-17/h5-9,12,14H,10-11,13H2,1-4H3,(H,21,24)(H,22,25). The van der Waals surface area contributed by atoms with Crippen LogP contribution in [0.3, 0.4) is 0 Å². The first-order chi connectivity index (χ1) is 11.9. The number of benzene rings is 1. The third-order valence-electron chi connectivity index (χ3n) is 4.27. The van der Waals surface area contributed by atoms with Crippen molar-refractivity contribution in [1.29, 1.82) is 0 Å². The summed E-state index contributed by atoms with van der Waals surface area (Å²) < 4.78 is 2.30. The Hall–Kier alpha value is -2.56. The summed E-state index contributed by atoms with van der Waals surface area (Å²) >= 11 is 0. The van der Waals surface area contributed by atoms with Crippen LogP contribution in [-0.4, -0.2) is 29.5 Å². The van der Waals surface area contributed by atoms with E-state index in [1.54, 1.807) is 24.3 Å². The zero-order valence-electron chi connectivity index (χ0n) is 15.4. The van der Waals surface area contributed by atoms with Crippen molar-refractivity contribution in [3.63, 3.8) is 0 Å². The van der Waals surface area contributed by atoms with Gasteiger partial charge in [-0.15, -0.1) is 0 Å². The largest absolute Gasteiger partial charge is 0.354 e. The fourth-order valence-electron chi connectivity index (χ4n) is 3.14. The number of hydrogen-bond acceptors (Lipinski definition) is 2. The Morgan fingerprint density at radius 1 is 1.08 bits per heavy atom. The number of aryl methyl sites for hydroxylation is 1. The molecule has 25 heavy (non-hydrogen) atoms. The van der Waals surface area contributed by atoms with Gasteiger partial charge in [0.1, 0.15) is 0 Å². The molecule has 0 spiro atoms. The second-order valence-electron chi connectivity index (χ2n) is 6.51. The molecule has 1 aromatic carbocycles. The number of rotatable bonds is 7. The molecule has 2 amide bonds. The fraction of sp³-hybridized carbons (Fsp3) is 0.400. The molecular formula is C20H27N3O2. The highest BCUT2D eigenvalue weighted by molar-refractivity contribution is 5.96. The maximum absolute atomic E-state index is 11.9. The maximum atomic E-state index is 11.9. The molecule has 0 aliphatic carbocycles. The first-order valence-electron chi connectivity index (χ1n) is 8.67. The summed E-state index contributed by atoms with van der Waals surface area (Å²) in [5.74, 6) is -0.418. The van der Waals surface area contributed by atoms with Crippen LogP contribution in [0.15, 0.2) is 36.4 Å². The number of amides is 2. The molecule has 0 atom stereocenters. The zero-order valence-corrected chi connectivity index (χ0v) is 15.4. The minimum atomic E-state index is -0.240. The number of carbonyl (C=O) groups excluding carboxylic acids is 2. The summed E-state index contributed by atoms with van der Waals surface area (Å²) in [4.78, 5) is 23.8. The molecule has 0 aliphatic heterocycles. The van der Waals surface area contributed by atoms with Crippen molar-refractivity contribution in [2.75, 3.05) is 13.1 Å². The zero-order chi connectivity index (χ0) is 18.4. The molecule has 0 saturated heterocycles. The van der Waals surface area contributed by atoms with Gasteiger partial charge < -0.3 is 15.2 Å². The van der Waals surface area contributed by atoms with Crippen LogP contribution >= 0.6 is 0 Å². The highest BCUT2D eigenvalue weighted by atomic mass is 16.2. The number of hydrogen-bond donors (Lipinski definition) is 2. The molecule has 2 N–H and O–H groups in total. The van der Waals surface area contributed by atoms with E-state index in [0.717, 1.165) is 6.42 Å². The van der Waals surface area contributed by atoms with Crippen LogP contribution in [0.4, 0.5) is 0 Å². The van der Waals surface area contributed by atoms with E-state index in [4.69, 9.17) is 0 Å².